The summed E-state index contributed by atoms with van der Waals surface area (Å²) in [6.07, 6.45) is 8.37. The Morgan fingerprint density at radius 3 is 2.29 bits per heavy atom. The summed E-state index contributed by atoms with van der Waals surface area (Å²) in [6.45, 7) is 0.804. The van der Waals surface area contributed by atoms with Gasteiger partial charge in [-0.1, -0.05) is 72.8 Å². The molecule has 0 amide bonds. The first-order valence-corrected chi connectivity index (χ1v) is 7.99. The van der Waals surface area contributed by atoms with Crippen LogP contribution in [0.15, 0.2) is 85.2 Å². The number of allylic oxidation sites excluding steroid dienone is 1. The van der Waals surface area contributed by atoms with Crippen molar-refractivity contribution < 1.29 is 0 Å². The van der Waals surface area contributed by atoms with Gasteiger partial charge in [0, 0.05) is 24.5 Å². The van der Waals surface area contributed by atoms with E-state index in [1.54, 1.807) is 0 Å². The minimum atomic E-state index is 0.781. The lowest BCUT2D eigenvalue weighted by atomic mass is 10.2. The summed E-state index contributed by atoms with van der Waals surface area (Å²) >= 11 is 0. The van der Waals surface area contributed by atoms with Crippen LogP contribution in [0.4, 0.5) is 0 Å². The number of imidazole rings is 1. The number of nitrogens with zero attached hydrogens (tertiary/aromatic N) is 3. The van der Waals surface area contributed by atoms with Crippen molar-refractivity contribution >= 4 is 6.08 Å². The van der Waals surface area contributed by atoms with E-state index in [2.05, 4.69) is 38.8 Å². The lowest BCUT2D eigenvalue weighted by Gasteiger charge is -2.04. The molecule has 116 valence electrons. The Bertz CT molecular complexity index is 924. The predicted octanol–water partition coefficient (Wildman–Crippen LogP) is 4.76. The molecule has 4 rings (SSSR count). The first kappa shape index (κ1) is 14.4. The number of aromatic nitrogens is 3. The van der Waals surface area contributed by atoms with Crippen LogP contribution in [0.2, 0.25) is 0 Å². The Morgan fingerprint density at radius 1 is 0.792 bits per heavy atom. The molecule has 2 heterocycles. The summed E-state index contributed by atoms with van der Waals surface area (Å²) in [5.41, 5.74) is 4.10. The molecular formula is C21H17N3. The highest BCUT2D eigenvalue weighted by atomic mass is 15.0. The van der Waals surface area contributed by atoms with Crippen molar-refractivity contribution in [2.75, 3.05) is 0 Å². The Hall–Kier alpha value is -3.20. The van der Waals surface area contributed by atoms with Crippen LogP contribution in [0.1, 0.15) is 5.56 Å². The van der Waals surface area contributed by atoms with Gasteiger partial charge < -0.3 is 4.57 Å². The smallest absolute Gasteiger partial charge is 0.160 e. The van der Waals surface area contributed by atoms with Gasteiger partial charge in [0.25, 0.3) is 0 Å². The fourth-order valence-electron chi connectivity index (χ4n) is 2.66. The van der Waals surface area contributed by atoms with Crippen molar-refractivity contribution in [3.63, 3.8) is 0 Å². The second kappa shape index (κ2) is 6.50. The first-order chi connectivity index (χ1) is 11.9. The molecule has 24 heavy (non-hydrogen) atoms. The maximum atomic E-state index is 4.65. The SMILES string of the molecule is C(=Cc1ccccc1)Cn1ccc2nc(-c3ccccc3)nc-2c1. The van der Waals surface area contributed by atoms with Gasteiger partial charge in [0.15, 0.2) is 5.82 Å². The van der Waals surface area contributed by atoms with Crippen molar-refractivity contribution in [1.29, 1.82) is 0 Å². The first-order valence-electron chi connectivity index (χ1n) is 7.99. The monoisotopic (exact) mass is 311 g/mol. The lowest BCUT2D eigenvalue weighted by molar-refractivity contribution is 0.814. The molecule has 2 aliphatic heterocycles. The van der Waals surface area contributed by atoms with Crippen LogP contribution in [0, 0.1) is 0 Å². The molecule has 0 bridgehead atoms. The van der Waals surface area contributed by atoms with Gasteiger partial charge >= 0.3 is 0 Å². The van der Waals surface area contributed by atoms with Crippen LogP contribution in [0.25, 0.3) is 28.9 Å². The van der Waals surface area contributed by atoms with Gasteiger partial charge in [-0.2, -0.15) is 0 Å². The van der Waals surface area contributed by atoms with E-state index in [9.17, 15) is 0 Å². The van der Waals surface area contributed by atoms with Gasteiger partial charge in [-0.15, -0.1) is 0 Å². The molecule has 3 nitrogen and oxygen atoms in total. The van der Waals surface area contributed by atoms with Gasteiger partial charge in [-0.3, -0.25) is 0 Å². The molecule has 0 unspecified atom stereocenters. The maximum absolute atomic E-state index is 4.65. The van der Waals surface area contributed by atoms with E-state index in [0.29, 0.717) is 0 Å². The molecule has 0 aliphatic carbocycles. The van der Waals surface area contributed by atoms with E-state index in [0.717, 1.165) is 29.3 Å². The third-order valence-electron chi connectivity index (χ3n) is 3.89. The van der Waals surface area contributed by atoms with E-state index in [1.807, 2.05) is 67.0 Å². The number of fused-ring (bicyclic) bond motifs is 1. The summed E-state index contributed by atoms with van der Waals surface area (Å²) in [7, 11) is 0. The molecule has 0 atom stereocenters. The molecular weight excluding hydrogens is 294 g/mol. The molecule has 2 aromatic carbocycles. The van der Waals surface area contributed by atoms with Crippen molar-refractivity contribution in [2.24, 2.45) is 0 Å². The Morgan fingerprint density at radius 2 is 1.50 bits per heavy atom. The van der Waals surface area contributed by atoms with E-state index in [-0.39, 0.29) is 0 Å². The number of hydrogen-bond donors (Lipinski definition) is 0. The Labute approximate surface area is 141 Å². The second-order valence-electron chi connectivity index (χ2n) is 5.64. The van der Waals surface area contributed by atoms with Gasteiger partial charge in [0.1, 0.15) is 5.69 Å². The second-order valence-corrected chi connectivity index (χ2v) is 5.64. The maximum Gasteiger partial charge on any atom is 0.160 e. The summed E-state index contributed by atoms with van der Waals surface area (Å²) < 4.78 is 2.12. The quantitative estimate of drug-likeness (QED) is 0.544. The zero-order valence-electron chi connectivity index (χ0n) is 13.2. The largest absolute Gasteiger partial charge is 0.348 e. The van der Waals surface area contributed by atoms with Gasteiger partial charge in [0.2, 0.25) is 0 Å². The van der Waals surface area contributed by atoms with Crippen LogP contribution in [-0.2, 0) is 6.54 Å². The van der Waals surface area contributed by atoms with Crippen LogP contribution >= 0.6 is 0 Å². The Balaban J connectivity index is 1.56. The highest BCUT2D eigenvalue weighted by Crippen LogP contribution is 2.24. The molecule has 0 aromatic heterocycles. The number of pyridine rings is 1. The highest BCUT2D eigenvalue weighted by molar-refractivity contribution is 5.65. The molecule has 2 aromatic rings. The lowest BCUT2D eigenvalue weighted by Crippen LogP contribution is -1.96. The van der Waals surface area contributed by atoms with Crippen LogP contribution in [-0.4, -0.2) is 14.5 Å². The van der Waals surface area contributed by atoms with E-state index in [4.69, 9.17) is 0 Å². The predicted molar refractivity (Wildman–Crippen MR) is 97.6 cm³/mol. The van der Waals surface area contributed by atoms with Crippen molar-refractivity contribution in [3.05, 3.63) is 90.8 Å². The van der Waals surface area contributed by atoms with Crippen molar-refractivity contribution in [1.82, 2.24) is 14.5 Å². The van der Waals surface area contributed by atoms with Crippen LogP contribution < -0.4 is 0 Å². The normalized spacial score (nSPS) is 11.3. The zero-order chi connectivity index (χ0) is 16.2. The van der Waals surface area contributed by atoms with Crippen molar-refractivity contribution in [3.8, 4) is 22.8 Å². The summed E-state index contributed by atoms with van der Waals surface area (Å²) in [5, 5.41) is 0. The zero-order valence-corrected chi connectivity index (χ0v) is 13.2. The fourth-order valence-corrected chi connectivity index (χ4v) is 2.66. The minimum absolute atomic E-state index is 0.781. The molecule has 2 aliphatic rings. The molecule has 0 N–H and O–H groups in total. The molecule has 0 saturated heterocycles. The van der Waals surface area contributed by atoms with E-state index < -0.39 is 0 Å². The molecule has 0 saturated carbocycles. The molecule has 3 heteroatoms. The minimum Gasteiger partial charge on any atom is -0.348 e. The number of benzene rings is 2. The number of hydrogen-bond acceptors (Lipinski definition) is 2. The van der Waals surface area contributed by atoms with Gasteiger partial charge in [-0.05, 0) is 11.6 Å². The summed E-state index contributed by atoms with van der Waals surface area (Å²) in [6, 6.07) is 22.4. The van der Waals surface area contributed by atoms with E-state index in [1.165, 1.54) is 5.56 Å². The highest BCUT2D eigenvalue weighted by Gasteiger charge is 2.11. The van der Waals surface area contributed by atoms with Gasteiger partial charge in [-0.25, -0.2) is 9.97 Å². The third kappa shape index (κ3) is 3.10. The molecule has 0 fully saturated rings. The van der Waals surface area contributed by atoms with Crippen LogP contribution in [0.3, 0.4) is 0 Å². The molecule has 0 spiro atoms. The van der Waals surface area contributed by atoms with Crippen LogP contribution in [0.5, 0.6) is 0 Å². The summed E-state index contributed by atoms with van der Waals surface area (Å²) in [5.74, 6) is 0.781. The van der Waals surface area contributed by atoms with Crippen molar-refractivity contribution in [2.45, 2.75) is 6.54 Å². The summed E-state index contributed by atoms with van der Waals surface area (Å²) in [4.78, 5) is 9.26. The average Bonchev–Trinajstić information content (AvgIpc) is 3.07. The Kier molecular flexibility index (Phi) is 3.90. The standard InChI is InChI=1S/C21H17N3/c1-3-8-17(9-4-1)10-7-14-24-15-13-19-20(16-24)23-21(22-19)18-11-5-2-6-12-18/h1-13,15-16H,14H2. The topological polar surface area (TPSA) is 30.7 Å². The fraction of sp³-hybridized carbons (Fsp3) is 0.0476. The molecule has 0 radical (unpaired) electrons. The third-order valence-corrected chi connectivity index (χ3v) is 3.89. The van der Waals surface area contributed by atoms with Gasteiger partial charge in [0.05, 0.1) is 5.69 Å². The number of rotatable bonds is 4. The average molecular weight is 311 g/mol. The van der Waals surface area contributed by atoms with E-state index >= 15 is 0 Å².